The van der Waals surface area contributed by atoms with Gasteiger partial charge in [0.1, 0.15) is 18.7 Å². The number of rotatable bonds is 13. The third kappa shape index (κ3) is 7.15. The van der Waals surface area contributed by atoms with Crippen LogP contribution in [0.1, 0.15) is 35.4 Å². The molecule has 0 spiro atoms. The number of carboxylic acids is 1. The first-order valence-electron chi connectivity index (χ1n) is 13.4. The van der Waals surface area contributed by atoms with Gasteiger partial charge in [0, 0.05) is 19.0 Å². The van der Waals surface area contributed by atoms with Crippen LogP contribution in [0.15, 0.2) is 91.5 Å². The van der Waals surface area contributed by atoms with Gasteiger partial charge in [0.15, 0.2) is 0 Å². The Balaban J connectivity index is 1.45. The van der Waals surface area contributed by atoms with Crippen LogP contribution in [0.4, 0.5) is 4.79 Å². The standard InChI is InChI=1S/C32H35N3O5/c1-3-4-18-28(31(37)38)33-30(36)29(20-35(2)19-22-12-6-5-7-13-22)34-32(39)40-21-27-25-16-10-8-14-23(25)24-15-9-11-17-26(24)27/h3,5-17,27-29H,1,4,18-21H2,2H3,(H,33,36)(H,34,39)(H,37,38). The summed E-state index contributed by atoms with van der Waals surface area (Å²) in [5.74, 6) is -1.86. The van der Waals surface area contributed by atoms with E-state index in [1.54, 1.807) is 6.08 Å². The lowest BCUT2D eigenvalue weighted by atomic mass is 9.98. The highest BCUT2D eigenvalue weighted by Crippen LogP contribution is 2.44. The van der Waals surface area contributed by atoms with Crippen molar-refractivity contribution in [1.82, 2.24) is 15.5 Å². The number of ether oxygens (including phenoxy) is 1. The second kappa shape index (κ2) is 13.6. The molecule has 0 aliphatic heterocycles. The summed E-state index contributed by atoms with van der Waals surface area (Å²) in [4.78, 5) is 39.9. The number of likely N-dealkylation sites (N-methyl/N-ethyl adjacent to an activating group) is 1. The normalized spacial score (nSPS) is 13.6. The summed E-state index contributed by atoms with van der Waals surface area (Å²) in [6.07, 6.45) is 1.48. The molecular formula is C32H35N3O5. The molecule has 3 aromatic carbocycles. The molecule has 8 heteroatoms. The number of allylic oxidation sites excluding steroid dienone is 1. The lowest BCUT2D eigenvalue weighted by molar-refractivity contribution is -0.142. The third-order valence-corrected chi connectivity index (χ3v) is 7.02. The van der Waals surface area contributed by atoms with Gasteiger partial charge in [-0.15, -0.1) is 6.58 Å². The largest absolute Gasteiger partial charge is 0.480 e. The molecule has 2 atom stereocenters. The number of aliphatic carboxylic acids is 1. The van der Waals surface area contributed by atoms with Gasteiger partial charge in [-0.25, -0.2) is 9.59 Å². The van der Waals surface area contributed by atoms with Crippen molar-refractivity contribution in [3.8, 4) is 11.1 Å². The lowest BCUT2D eigenvalue weighted by Crippen LogP contribution is -2.55. The van der Waals surface area contributed by atoms with Crippen LogP contribution in [0.5, 0.6) is 0 Å². The molecule has 0 saturated carbocycles. The van der Waals surface area contributed by atoms with Crippen molar-refractivity contribution in [2.45, 2.75) is 37.4 Å². The molecular weight excluding hydrogens is 506 g/mol. The fourth-order valence-electron chi connectivity index (χ4n) is 5.06. The van der Waals surface area contributed by atoms with Crippen LogP contribution in [-0.2, 0) is 20.9 Å². The number of hydrogen-bond donors (Lipinski definition) is 3. The summed E-state index contributed by atoms with van der Waals surface area (Å²) in [6, 6.07) is 23.7. The predicted octanol–water partition coefficient (Wildman–Crippen LogP) is 4.56. The maximum absolute atomic E-state index is 13.2. The van der Waals surface area contributed by atoms with Crippen molar-refractivity contribution < 1.29 is 24.2 Å². The zero-order chi connectivity index (χ0) is 28.5. The molecule has 2 unspecified atom stereocenters. The zero-order valence-corrected chi connectivity index (χ0v) is 22.6. The molecule has 40 heavy (non-hydrogen) atoms. The highest BCUT2D eigenvalue weighted by molar-refractivity contribution is 5.89. The fraction of sp³-hybridized carbons (Fsp3) is 0.281. The Hall–Kier alpha value is -4.43. The van der Waals surface area contributed by atoms with E-state index in [1.165, 1.54) is 0 Å². The topological polar surface area (TPSA) is 108 Å². The average Bonchev–Trinajstić information content (AvgIpc) is 3.27. The molecule has 208 valence electrons. The Labute approximate surface area is 234 Å². The summed E-state index contributed by atoms with van der Waals surface area (Å²) in [5, 5.41) is 14.8. The Bertz CT molecular complexity index is 1300. The van der Waals surface area contributed by atoms with Gasteiger partial charge in [-0.1, -0.05) is 84.9 Å². The Morgan fingerprint density at radius 3 is 2.12 bits per heavy atom. The Kier molecular flexibility index (Phi) is 9.70. The van der Waals surface area contributed by atoms with Crippen LogP contribution in [0.3, 0.4) is 0 Å². The number of hydrogen-bond acceptors (Lipinski definition) is 5. The molecule has 4 rings (SSSR count). The van der Waals surface area contributed by atoms with Gasteiger partial charge in [-0.2, -0.15) is 0 Å². The lowest BCUT2D eigenvalue weighted by Gasteiger charge is -2.26. The van der Waals surface area contributed by atoms with E-state index in [9.17, 15) is 19.5 Å². The van der Waals surface area contributed by atoms with Crippen molar-refractivity contribution in [2.75, 3.05) is 20.2 Å². The summed E-state index contributed by atoms with van der Waals surface area (Å²) in [5.41, 5.74) is 5.44. The summed E-state index contributed by atoms with van der Waals surface area (Å²) in [7, 11) is 1.83. The number of amides is 2. The number of benzene rings is 3. The summed E-state index contributed by atoms with van der Waals surface area (Å²) in [6.45, 7) is 4.41. The molecule has 1 aliphatic carbocycles. The highest BCUT2D eigenvalue weighted by atomic mass is 16.5. The second-order valence-corrected chi connectivity index (χ2v) is 9.97. The third-order valence-electron chi connectivity index (χ3n) is 7.02. The van der Waals surface area contributed by atoms with Crippen LogP contribution in [0.2, 0.25) is 0 Å². The van der Waals surface area contributed by atoms with Crippen LogP contribution in [0, 0.1) is 0 Å². The summed E-state index contributed by atoms with van der Waals surface area (Å²) >= 11 is 0. The number of carbonyl (C=O) groups excluding carboxylic acids is 2. The van der Waals surface area contributed by atoms with Crippen molar-refractivity contribution in [1.29, 1.82) is 0 Å². The Morgan fingerprint density at radius 1 is 0.925 bits per heavy atom. The van der Waals surface area contributed by atoms with E-state index in [0.717, 1.165) is 27.8 Å². The molecule has 0 radical (unpaired) electrons. The molecule has 1 aliphatic rings. The highest BCUT2D eigenvalue weighted by Gasteiger charge is 2.31. The first-order valence-corrected chi connectivity index (χ1v) is 13.4. The van der Waals surface area contributed by atoms with Gasteiger partial charge in [0.05, 0.1) is 0 Å². The molecule has 0 heterocycles. The summed E-state index contributed by atoms with van der Waals surface area (Å²) < 4.78 is 5.66. The molecule has 3 aromatic rings. The van der Waals surface area contributed by atoms with Gasteiger partial charge >= 0.3 is 12.1 Å². The average molecular weight is 542 g/mol. The van der Waals surface area contributed by atoms with E-state index >= 15 is 0 Å². The number of nitrogens with zero attached hydrogens (tertiary/aromatic N) is 1. The van der Waals surface area contributed by atoms with Crippen LogP contribution in [0.25, 0.3) is 11.1 Å². The van der Waals surface area contributed by atoms with Gasteiger partial charge in [0.25, 0.3) is 0 Å². The van der Waals surface area contributed by atoms with Crippen LogP contribution in [-0.4, -0.2) is 60.3 Å². The first-order chi connectivity index (χ1) is 19.4. The Morgan fingerprint density at radius 2 is 1.52 bits per heavy atom. The van der Waals surface area contributed by atoms with Crippen molar-refractivity contribution >= 4 is 18.0 Å². The fourth-order valence-corrected chi connectivity index (χ4v) is 5.06. The maximum atomic E-state index is 13.2. The smallest absolute Gasteiger partial charge is 0.407 e. The second-order valence-electron chi connectivity index (χ2n) is 9.97. The first kappa shape index (κ1) is 28.6. The quantitative estimate of drug-likeness (QED) is 0.274. The van der Waals surface area contributed by atoms with Gasteiger partial charge in [-0.05, 0) is 47.7 Å². The van der Waals surface area contributed by atoms with E-state index in [-0.39, 0.29) is 25.5 Å². The number of nitrogens with one attached hydrogen (secondary N) is 2. The predicted molar refractivity (Wildman–Crippen MR) is 154 cm³/mol. The minimum atomic E-state index is -1.15. The molecule has 0 saturated heterocycles. The van der Waals surface area contributed by atoms with E-state index in [2.05, 4.69) is 29.3 Å². The molecule has 0 fully saturated rings. The monoisotopic (exact) mass is 541 g/mol. The maximum Gasteiger partial charge on any atom is 0.407 e. The number of carbonyl (C=O) groups is 3. The minimum absolute atomic E-state index is 0.102. The van der Waals surface area contributed by atoms with E-state index in [4.69, 9.17) is 4.74 Å². The number of alkyl carbamates (subject to hydrolysis) is 1. The number of fused-ring (bicyclic) bond motifs is 3. The van der Waals surface area contributed by atoms with Crippen LogP contribution < -0.4 is 10.6 Å². The molecule has 0 aromatic heterocycles. The van der Waals surface area contributed by atoms with E-state index in [1.807, 2.05) is 78.7 Å². The van der Waals surface area contributed by atoms with Gasteiger partial charge < -0.3 is 20.5 Å². The van der Waals surface area contributed by atoms with Crippen LogP contribution >= 0.6 is 0 Å². The SMILES string of the molecule is C=CCCC(NC(=O)C(CN(C)Cc1ccccc1)NC(=O)OCC1c2ccccc2-c2ccccc21)C(=O)O. The van der Waals surface area contributed by atoms with Gasteiger partial charge in [0.2, 0.25) is 5.91 Å². The van der Waals surface area contributed by atoms with Gasteiger partial charge in [-0.3, -0.25) is 9.69 Å². The van der Waals surface area contributed by atoms with Crippen molar-refractivity contribution in [3.05, 3.63) is 108 Å². The molecule has 2 amide bonds. The molecule has 8 nitrogen and oxygen atoms in total. The molecule has 0 bridgehead atoms. The van der Waals surface area contributed by atoms with Crippen molar-refractivity contribution in [2.24, 2.45) is 0 Å². The molecule has 3 N–H and O–H groups in total. The van der Waals surface area contributed by atoms with E-state index in [0.29, 0.717) is 13.0 Å². The van der Waals surface area contributed by atoms with Crippen molar-refractivity contribution in [3.63, 3.8) is 0 Å². The minimum Gasteiger partial charge on any atom is -0.480 e. The number of carboxylic acid groups (broad SMARTS) is 1. The zero-order valence-electron chi connectivity index (χ0n) is 22.6. The van der Waals surface area contributed by atoms with E-state index < -0.39 is 30.1 Å².